The Bertz CT molecular complexity index is 1410. The van der Waals surface area contributed by atoms with Gasteiger partial charge in [-0.25, -0.2) is 4.39 Å². The predicted molar refractivity (Wildman–Crippen MR) is 134 cm³/mol. The second-order valence-corrected chi connectivity index (χ2v) is 9.09. The van der Waals surface area contributed by atoms with Crippen molar-refractivity contribution < 1.29 is 13.6 Å². The third-order valence-corrected chi connectivity index (χ3v) is 6.55. The first-order valence-corrected chi connectivity index (χ1v) is 12.2. The van der Waals surface area contributed by atoms with Gasteiger partial charge in [0, 0.05) is 10.9 Å². The van der Waals surface area contributed by atoms with Gasteiger partial charge in [0.1, 0.15) is 17.2 Å². The molecule has 0 aliphatic carbocycles. The number of furan rings is 1. The minimum Gasteiger partial charge on any atom is -0.459 e. The molecule has 1 N–H and O–H groups in total. The Morgan fingerprint density at radius 1 is 1.03 bits per heavy atom. The first-order valence-electron chi connectivity index (χ1n) is 11.2. The number of amides is 1. The highest BCUT2D eigenvalue weighted by Crippen LogP contribution is 2.27. The van der Waals surface area contributed by atoms with Crippen molar-refractivity contribution in [2.75, 3.05) is 5.75 Å². The number of halogens is 1. The Morgan fingerprint density at radius 3 is 2.54 bits per heavy atom. The molecule has 2 aromatic heterocycles. The molecule has 0 radical (unpaired) electrons. The molecule has 6 nitrogen and oxygen atoms in total. The minimum atomic E-state index is -0.312. The van der Waals surface area contributed by atoms with Crippen LogP contribution in [0, 0.1) is 5.82 Å². The van der Waals surface area contributed by atoms with E-state index in [9.17, 15) is 9.18 Å². The number of fused-ring (bicyclic) bond motifs is 1. The summed E-state index contributed by atoms with van der Waals surface area (Å²) in [5.41, 5.74) is 2.62. The monoisotopic (exact) mass is 486 g/mol. The van der Waals surface area contributed by atoms with Gasteiger partial charge in [0.05, 0.1) is 18.3 Å². The van der Waals surface area contributed by atoms with E-state index in [1.807, 2.05) is 72.2 Å². The average Bonchev–Trinajstić information content (AvgIpc) is 3.48. The van der Waals surface area contributed by atoms with Crippen molar-refractivity contribution in [2.24, 2.45) is 0 Å². The first-order chi connectivity index (χ1) is 17.1. The van der Waals surface area contributed by atoms with Crippen molar-refractivity contribution in [2.45, 2.75) is 24.7 Å². The summed E-state index contributed by atoms with van der Waals surface area (Å²) in [5, 5.41) is 13.3. The van der Waals surface area contributed by atoms with Gasteiger partial charge in [-0.15, -0.1) is 10.2 Å². The average molecular weight is 487 g/mol. The van der Waals surface area contributed by atoms with Gasteiger partial charge in [-0.1, -0.05) is 60.3 Å². The van der Waals surface area contributed by atoms with E-state index in [0.717, 1.165) is 22.1 Å². The molecule has 176 valence electrons. The number of hydrogen-bond donors (Lipinski definition) is 1. The number of carbonyl (C=O) groups is 1. The molecule has 0 aliphatic rings. The lowest BCUT2D eigenvalue weighted by molar-refractivity contribution is -0.119. The van der Waals surface area contributed by atoms with E-state index in [4.69, 9.17) is 4.42 Å². The van der Waals surface area contributed by atoms with Crippen molar-refractivity contribution >= 4 is 28.6 Å². The highest BCUT2D eigenvalue weighted by Gasteiger charge is 2.18. The molecular formula is C27H23FN4O2S. The van der Waals surface area contributed by atoms with E-state index in [0.29, 0.717) is 23.3 Å². The van der Waals surface area contributed by atoms with Crippen LogP contribution >= 0.6 is 11.8 Å². The third-order valence-electron chi connectivity index (χ3n) is 5.58. The molecule has 0 aliphatic heterocycles. The van der Waals surface area contributed by atoms with Crippen LogP contribution in [0.5, 0.6) is 0 Å². The lowest BCUT2D eigenvalue weighted by atomic mass is 10.2. The summed E-state index contributed by atoms with van der Waals surface area (Å²) in [6.45, 7) is 2.42. The lowest BCUT2D eigenvalue weighted by Gasteiger charge is -2.12. The molecule has 2 heterocycles. The molecule has 5 rings (SSSR count). The molecule has 0 spiro atoms. The van der Waals surface area contributed by atoms with E-state index in [2.05, 4.69) is 15.5 Å². The Labute approximate surface area is 206 Å². The zero-order valence-corrected chi connectivity index (χ0v) is 19.8. The number of nitrogens with zero attached hydrogens (tertiary/aromatic N) is 3. The number of carbonyl (C=O) groups excluding carboxylic acids is 1. The van der Waals surface area contributed by atoms with Crippen LogP contribution in [0.4, 0.5) is 4.39 Å². The minimum absolute atomic E-state index is 0.138. The van der Waals surface area contributed by atoms with E-state index in [1.165, 1.54) is 23.9 Å². The summed E-state index contributed by atoms with van der Waals surface area (Å²) in [7, 11) is 0. The number of nitrogens with one attached hydrogen (secondary N) is 1. The molecule has 3 aromatic carbocycles. The zero-order chi connectivity index (χ0) is 24.2. The van der Waals surface area contributed by atoms with Crippen LogP contribution < -0.4 is 5.32 Å². The second kappa shape index (κ2) is 10.1. The largest absolute Gasteiger partial charge is 0.459 e. The fraction of sp³-hybridized carbons (Fsp3) is 0.148. The number of hydrogen-bond acceptors (Lipinski definition) is 5. The van der Waals surface area contributed by atoms with Gasteiger partial charge >= 0.3 is 0 Å². The molecule has 0 saturated heterocycles. The number of aromatic nitrogens is 3. The standard InChI is InChI=1S/C27H23FN4O2S/c1-18(24-15-21-9-5-6-10-23(21)34-24)29-25(33)17-35-27-31-30-26(20-11-13-22(28)14-12-20)32(27)16-19-7-3-2-4-8-19/h2-15,18H,16-17H2,1H3,(H,29,33). The van der Waals surface area contributed by atoms with Gasteiger partial charge in [0.2, 0.25) is 5.91 Å². The Morgan fingerprint density at radius 2 is 1.77 bits per heavy atom. The van der Waals surface area contributed by atoms with Gasteiger partial charge in [-0.2, -0.15) is 0 Å². The van der Waals surface area contributed by atoms with Crippen LogP contribution in [-0.2, 0) is 11.3 Å². The molecular weight excluding hydrogens is 463 g/mol. The Balaban J connectivity index is 1.31. The summed E-state index contributed by atoms with van der Waals surface area (Å²) in [4.78, 5) is 12.7. The van der Waals surface area contributed by atoms with Gasteiger partial charge in [0.25, 0.3) is 0 Å². The van der Waals surface area contributed by atoms with Crippen molar-refractivity contribution in [1.29, 1.82) is 0 Å². The van der Waals surface area contributed by atoms with Crippen LogP contribution in [0.25, 0.3) is 22.4 Å². The van der Waals surface area contributed by atoms with Crippen molar-refractivity contribution in [3.63, 3.8) is 0 Å². The number of thioether (sulfide) groups is 1. The maximum absolute atomic E-state index is 13.5. The predicted octanol–water partition coefficient (Wildman–Crippen LogP) is 5.85. The van der Waals surface area contributed by atoms with Gasteiger partial charge in [-0.3, -0.25) is 9.36 Å². The molecule has 5 aromatic rings. The molecule has 1 amide bonds. The lowest BCUT2D eigenvalue weighted by Crippen LogP contribution is -2.28. The highest BCUT2D eigenvalue weighted by atomic mass is 32.2. The van der Waals surface area contributed by atoms with Gasteiger partial charge in [-0.05, 0) is 48.9 Å². The summed E-state index contributed by atoms with van der Waals surface area (Å²) in [6, 6.07) is 25.5. The normalized spacial score (nSPS) is 12.1. The van der Waals surface area contributed by atoms with Crippen LogP contribution in [-0.4, -0.2) is 26.4 Å². The van der Waals surface area contributed by atoms with Crippen molar-refractivity contribution in [1.82, 2.24) is 20.1 Å². The summed E-state index contributed by atoms with van der Waals surface area (Å²) >= 11 is 1.31. The maximum atomic E-state index is 13.5. The van der Waals surface area contributed by atoms with Crippen molar-refractivity contribution in [3.05, 3.63) is 102 Å². The van der Waals surface area contributed by atoms with Gasteiger partial charge in [0.15, 0.2) is 11.0 Å². The van der Waals surface area contributed by atoms with Crippen LogP contribution in [0.2, 0.25) is 0 Å². The second-order valence-electron chi connectivity index (χ2n) is 8.15. The third kappa shape index (κ3) is 5.27. The quantitative estimate of drug-likeness (QED) is 0.279. The number of para-hydroxylation sites is 1. The summed E-state index contributed by atoms with van der Waals surface area (Å²) < 4.78 is 21.3. The molecule has 35 heavy (non-hydrogen) atoms. The highest BCUT2D eigenvalue weighted by molar-refractivity contribution is 7.99. The van der Waals surface area contributed by atoms with E-state index in [-0.39, 0.29) is 23.5 Å². The molecule has 0 fully saturated rings. The topological polar surface area (TPSA) is 73.0 Å². The Kier molecular flexibility index (Phi) is 6.63. The molecule has 1 unspecified atom stereocenters. The van der Waals surface area contributed by atoms with E-state index in [1.54, 1.807) is 12.1 Å². The van der Waals surface area contributed by atoms with Crippen LogP contribution in [0.3, 0.4) is 0 Å². The van der Waals surface area contributed by atoms with E-state index >= 15 is 0 Å². The fourth-order valence-corrected chi connectivity index (χ4v) is 4.57. The maximum Gasteiger partial charge on any atom is 0.231 e. The zero-order valence-electron chi connectivity index (χ0n) is 19.0. The summed E-state index contributed by atoms with van der Waals surface area (Å²) in [5.74, 6) is 1.04. The van der Waals surface area contributed by atoms with E-state index < -0.39 is 0 Å². The molecule has 0 bridgehead atoms. The first kappa shape index (κ1) is 22.9. The van der Waals surface area contributed by atoms with Crippen molar-refractivity contribution in [3.8, 4) is 11.4 Å². The van der Waals surface area contributed by atoms with Crippen LogP contribution in [0.15, 0.2) is 94.5 Å². The SMILES string of the molecule is CC(NC(=O)CSc1nnc(-c2ccc(F)cc2)n1Cc1ccccc1)c1cc2ccccc2o1. The molecule has 8 heteroatoms. The Hall–Kier alpha value is -3.91. The smallest absolute Gasteiger partial charge is 0.231 e. The summed E-state index contributed by atoms with van der Waals surface area (Å²) in [6.07, 6.45) is 0. The number of rotatable bonds is 8. The molecule has 1 atom stereocenters. The fourth-order valence-electron chi connectivity index (χ4n) is 3.82. The van der Waals surface area contributed by atoms with Crippen LogP contribution in [0.1, 0.15) is 24.3 Å². The number of benzene rings is 3. The van der Waals surface area contributed by atoms with Gasteiger partial charge < -0.3 is 9.73 Å². The molecule has 0 saturated carbocycles.